The SMILES string of the molecule is Cc1cc2nc(C(C#N)=Cc3ccc(-c4ccc(Cl)c(C(=O)O)c4)o3)[nH]c2cc1C. The van der Waals surface area contributed by atoms with Crippen LogP contribution in [0.1, 0.15) is 33.1 Å². The maximum atomic E-state index is 11.3. The molecule has 30 heavy (non-hydrogen) atoms. The number of aromatic amines is 1. The van der Waals surface area contributed by atoms with Gasteiger partial charge in [-0.25, -0.2) is 9.78 Å². The molecule has 0 bridgehead atoms. The molecule has 2 N–H and O–H groups in total. The lowest BCUT2D eigenvalue weighted by molar-refractivity contribution is 0.0697. The van der Waals surface area contributed by atoms with E-state index in [0.717, 1.165) is 22.2 Å². The molecule has 0 unspecified atom stereocenters. The minimum Gasteiger partial charge on any atom is -0.478 e. The number of nitriles is 1. The Labute approximate surface area is 177 Å². The normalized spacial score (nSPS) is 11.6. The van der Waals surface area contributed by atoms with E-state index in [2.05, 4.69) is 16.0 Å². The van der Waals surface area contributed by atoms with Crippen LogP contribution in [-0.2, 0) is 0 Å². The van der Waals surface area contributed by atoms with Gasteiger partial charge in [-0.05, 0) is 67.4 Å². The number of aromatic nitrogens is 2. The first-order chi connectivity index (χ1) is 14.4. The van der Waals surface area contributed by atoms with Crippen LogP contribution >= 0.6 is 11.6 Å². The molecule has 148 valence electrons. The van der Waals surface area contributed by atoms with Gasteiger partial charge >= 0.3 is 5.97 Å². The van der Waals surface area contributed by atoms with Crippen molar-refractivity contribution in [3.63, 3.8) is 0 Å². The summed E-state index contributed by atoms with van der Waals surface area (Å²) >= 11 is 5.92. The number of nitrogens with zero attached hydrogens (tertiary/aromatic N) is 2. The third-order valence-electron chi connectivity index (χ3n) is 4.87. The molecule has 0 spiro atoms. The highest BCUT2D eigenvalue weighted by Gasteiger charge is 2.14. The van der Waals surface area contributed by atoms with Gasteiger partial charge in [0, 0.05) is 11.6 Å². The van der Waals surface area contributed by atoms with Crippen molar-refractivity contribution in [3.8, 4) is 17.4 Å². The molecule has 0 atom stereocenters. The minimum absolute atomic E-state index is 0.00626. The van der Waals surface area contributed by atoms with Crippen molar-refractivity contribution in [1.29, 1.82) is 5.26 Å². The highest BCUT2D eigenvalue weighted by Crippen LogP contribution is 2.29. The number of hydrogen-bond donors (Lipinski definition) is 2. The van der Waals surface area contributed by atoms with E-state index < -0.39 is 5.97 Å². The molecule has 0 radical (unpaired) electrons. The van der Waals surface area contributed by atoms with Crippen LogP contribution in [0.5, 0.6) is 0 Å². The zero-order valence-corrected chi connectivity index (χ0v) is 16.9. The van der Waals surface area contributed by atoms with E-state index in [4.69, 9.17) is 16.0 Å². The molecule has 2 aromatic carbocycles. The van der Waals surface area contributed by atoms with Gasteiger partial charge in [-0.1, -0.05) is 11.6 Å². The number of allylic oxidation sites excluding steroid dienone is 1. The van der Waals surface area contributed by atoms with E-state index in [0.29, 0.717) is 28.5 Å². The summed E-state index contributed by atoms with van der Waals surface area (Å²) in [5.74, 6) is 0.250. The van der Waals surface area contributed by atoms with Gasteiger partial charge in [0.1, 0.15) is 23.4 Å². The minimum atomic E-state index is -1.12. The van der Waals surface area contributed by atoms with Crippen LogP contribution in [0.15, 0.2) is 46.9 Å². The summed E-state index contributed by atoms with van der Waals surface area (Å²) in [6.45, 7) is 4.04. The Morgan fingerprint density at radius 1 is 1.20 bits per heavy atom. The molecular weight excluding hydrogens is 402 g/mol. The number of hydrogen-bond acceptors (Lipinski definition) is 4. The molecule has 6 nitrogen and oxygen atoms in total. The summed E-state index contributed by atoms with van der Waals surface area (Å²) in [6.07, 6.45) is 1.59. The zero-order valence-electron chi connectivity index (χ0n) is 16.2. The number of rotatable bonds is 4. The van der Waals surface area contributed by atoms with Crippen LogP contribution in [0.25, 0.3) is 34.0 Å². The van der Waals surface area contributed by atoms with Crippen LogP contribution in [0.3, 0.4) is 0 Å². The van der Waals surface area contributed by atoms with Gasteiger partial charge in [-0.2, -0.15) is 5.26 Å². The first-order valence-electron chi connectivity index (χ1n) is 9.08. The molecule has 0 amide bonds. The van der Waals surface area contributed by atoms with Crippen molar-refractivity contribution in [2.45, 2.75) is 13.8 Å². The van der Waals surface area contributed by atoms with Gasteiger partial charge < -0.3 is 14.5 Å². The van der Waals surface area contributed by atoms with Gasteiger partial charge in [-0.15, -0.1) is 0 Å². The number of fused-ring (bicyclic) bond motifs is 1. The number of halogens is 1. The topological polar surface area (TPSA) is 103 Å². The maximum absolute atomic E-state index is 11.3. The van der Waals surface area contributed by atoms with E-state index in [1.807, 2.05) is 26.0 Å². The molecule has 0 aliphatic heterocycles. The van der Waals surface area contributed by atoms with Crippen molar-refractivity contribution in [2.24, 2.45) is 0 Å². The highest BCUT2D eigenvalue weighted by molar-refractivity contribution is 6.33. The molecule has 0 saturated heterocycles. The Morgan fingerprint density at radius 2 is 1.97 bits per heavy atom. The van der Waals surface area contributed by atoms with E-state index in [1.165, 1.54) is 12.1 Å². The van der Waals surface area contributed by atoms with Crippen LogP contribution in [-0.4, -0.2) is 21.0 Å². The predicted molar refractivity (Wildman–Crippen MR) is 115 cm³/mol. The quantitative estimate of drug-likeness (QED) is 0.405. The van der Waals surface area contributed by atoms with Gasteiger partial charge in [0.15, 0.2) is 0 Å². The monoisotopic (exact) mass is 417 g/mol. The number of carbonyl (C=O) groups is 1. The average Bonchev–Trinajstić information content (AvgIpc) is 3.33. The van der Waals surface area contributed by atoms with Gasteiger partial charge in [-0.3, -0.25) is 0 Å². The number of nitrogens with one attached hydrogen (secondary N) is 1. The fraction of sp³-hybridized carbons (Fsp3) is 0.0870. The standard InChI is InChI=1S/C23H16ClN3O3/c1-12-7-19-20(8-13(12)2)27-22(26-19)15(11-25)9-16-4-6-21(30-16)14-3-5-18(24)17(10-14)23(28)29/h3-10H,1-2H3,(H,26,27)(H,28,29). The fourth-order valence-electron chi connectivity index (χ4n) is 3.12. The number of carboxylic acids is 1. The molecule has 0 fully saturated rings. The highest BCUT2D eigenvalue weighted by atomic mass is 35.5. The summed E-state index contributed by atoms with van der Waals surface area (Å²) in [5.41, 5.74) is 4.80. The fourth-order valence-corrected chi connectivity index (χ4v) is 3.32. The third kappa shape index (κ3) is 3.59. The van der Waals surface area contributed by atoms with Gasteiger partial charge in [0.2, 0.25) is 0 Å². The van der Waals surface area contributed by atoms with E-state index in [-0.39, 0.29) is 10.6 Å². The maximum Gasteiger partial charge on any atom is 0.337 e. The summed E-state index contributed by atoms with van der Waals surface area (Å²) < 4.78 is 5.81. The lowest BCUT2D eigenvalue weighted by atomic mass is 10.1. The zero-order chi connectivity index (χ0) is 21.4. The van der Waals surface area contributed by atoms with Crippen LogP contribution < -0.4 is 0 Å². The number of aryl methyl sites for hydroxylation is 2. The second-order valence-corrected chi connectivity index (χ2v) is 7.32. The van der Waals surface area contributed by atoms with Crippen molar-refractivity contribution >= 4 is 40.3 Å². The molecule has 4 aromatic rings. The van der Waals surface area contributed by atoms with E-state index in [1.54, 1.807) is 24.3 Å². The van der Waals surface area contributed by atoms with E-state index in [9.17, 15) is 15.2 Å². The number of benzene rings is 2. The number of aromatic carboxylic acids is 1. The summed E-state index contributed by atoms with van der Waals surface area (Å²) in [4.78, 5) is 19.0. The Balaban J connectivity index is 1.70. The average molecular weight is 418 g/mol. The van der Waals surface area contributed by atoms with Crippen molar-refractivity contribution in [2.75, 3.05) is 0 Å². The van der Waals surface area contributed by atoms with Gasteiger partial charge in [0.05, 0.1) is 27.2 Å². The summed E-state index contributed by atoms with van der Waals surface area (Å²) in [5, 5.41) is 19.0. The number of carboxylic acid groups (broad SMARTS) is 1. The first-order valence-corrected chi connectivity index (χ1v) is 9.45. The molecule has 7 heteroatoms. The Bertz CT molecular complexity index is 1330. The molecule has 2 aromatic heterocycles. The lowest BCUT2D eigenvalue weighted by Gasteiger charge is -2.02. The van der Waals surface area contributed by atoms with Crippen LogP contribution in [0.4, 0.5) is 0 Å². The van der Waals surface area contributed by atoms with E-state index >= 15 is 0 Å². The van der Waals surface area contributed by atoms with Crippen molar-refractivity contribution < 1.29 is 14.3 Å². The summed E-state index contributed by atoms with van der Waals surface area (Å²) in [6, 6.07) is 14.2. The van der Waals surface area contributed by atoms with Crippen LogP contribution in [0.2, 0.25) is 5.02 Å². The van der Waals surface area contributed by atoms with Crippen LogP contribution in [0, 0.1) is 25.2 Å². The Hall–Kier alpha value is -3.82. The summed E-state index contributed by atoms with van der Waals surface area (Å²) in [7, 11) is 0. The second-order valence-electron chi connectivity index (χ2n) is 6.91. The first kappa shape index (κ1) is 19.5. The number of furan rings is 1. The molecule has 4 rings (SSSR count). The molecular formula is C23H16ClN3O3. The largest absolute Gasteiger partial charge is 0.478 e. The Kier molecular flexibility index (Phi) is 4.90. The van der Waals surface area contributed by atoms with Gasteiger partial charge in [0.25, 0.3) is 0 Å². The lowest BCUT2D eigenvalue weighted by Crippen LogP contribution is -1.97. The number of imidazole rings is 1. The molecule has 0 saturated carbocycles. The van der Waals surface area contributed by atoms with Crippen molar-refractivity contribution in [1.82, 2.24) is 9.97 Å². The molecule has 0 aliphatic carbocycles. The number of H-pyrrole nitrogens is 1. The Morgan fingerprint density at radius 3 is 2.70 bits per heavy atom. The smallest absolute Gasteiger partial charge is 0.337 e. The molecule has 2 heterocycles. The second kappa shape index (κ2) is 7.54. The predicted octanol–water partition coefficient (Wildman–Crippen LogP) is 5.86. The third-order valence-corrected chi connectivity index (χ3v) is 5.20. The molecule has 0 aliphatic rings. The van der Waals surface area contributed by atoms with Crippen molar-refractivity contribution in [3.05, 3.63) is 75.8 Å².